The zero-order chi connectivity index (χ0) is 28.3. The Morgan fingerprint density at radius 3 is 2.52 bits per heavy atom. The zero-order valence-electron chi connectivity index (χ0n) is 21.9. The highest BCUT2D eigenvalue weighted by molar-refractivity contribution is 7.80. The maximum Gasteiger partial charge on any atom is 0.573 e. The number of ether oxygens (including phenoxy) is 1. The van der Waals surface area contributed by atoms with Crippen LogP contribution in [0.5, 0.6) is 5.75 Å². The highest BCUT2D eigenvalue weighted by Gasteiger charge is 2.30. The monoisotopic (exact) mass is 557 g/mol. The molecule has 0 saturated heterocycles. The maximum atomic E-state index is 12.4. The van der Waals surface area contributed by atoms with Crippen LogP contribution in [0.15, 0.2) is 94.1 Å². The minimum absolute atomic E-state index is 0.269. The number of halogens is 3. The van der Waals surface area contributed by atoms with Gasteiger partial charge < -0.3 is 10.1 Å². The average Bonchev–Trinajstić information content (AvgIpc) is 3.26. The van der Waals surface area contributed by atoms with Crippen molar-refractivity contribution in [2.75, 3.05) is 5.32 Å². The SMILES string of the molecule is Cc1cccc(C)c1NC(=S)CC1=Cc2ccc(C3=N/C(=C/c4ccc(OC(F)(F)F)cc4)C=N3)cc2CC=C1. The number of fused-ring (bicyclic) bond motifs is 1. The van der Waals surface area contributed by atoms with E-state index in [0.29, 0.717) is 23.5 Å². The van der Waals surface area contributed by atoms with Crippen LogP contribution >= 0.6 is 12.2 Å². The summed E-state index contributed by atoms with van der Waals surface area (Å²) in [5, 5.41) is 3.42. The van der Waals surface area contributed by atoms with E-state index in [0.717, 1.165) is 50.5 Å². The summed E-state index contributed by atoms with van der Waals surface area (Å²) in [6, 6.07) is 18.0. The molecule has 0 spiro atoms. The van der Waals surface area contributed by atoms with Gasteiger partial charge in [-0.05, 0) is 77.9 Å². The van der Waals surface area contributed by atoms with Gasteiger partial charge in [0.1, 0.15) is 5.75 Å². The van der Waals surface area contributed by atoms with Crippen molar-refractivity contribution in [2.24, 2.45) is 9.98 Å². The summed E-state index contributed by atoms with van der Waals surface area (Å²) < 4.78 is 41.1. The summed E-state index contributed by atoms with van der Waals surface area (Å²) in [6.07, 6.45) is 6.51. The molecule has 0 aromatic heterocycles. The van der Waals surface area contributed by atoms with Gasteiger partial charge in [-0.1, -0.05) is 72.9 Å². The summed E-state index contributed by atoms with van der Waals surface area (Å²) in [6.45, 7) is 4.14. The second-order valence-electron chi connectivity index (χ2n) is 9.61. The molecule has 4 nitrogen and oxygen atoms in total. The summed E-state index contributed by atoms with van der Waals surface area (Å²) >= 11 is 5.68. The number of nitrogens with zero attached hydrogens (tertiary/aromatic N) is 2. The molecule has 1 aliphatic heterocycles. The van der Waals surface area contributed by atoms with Crippen molar-refractivity contribution in [1.82, 2.24) is 0 Å². The number of thiocarbonyl (C=S) groups is 1. The Kier molecular flexibility index (Phi) is 7.80. The fourth-order valence-corrected chi connectivity index (χ4v) is 4.86. The van der Waals surface area contributed by atoms with Crippen molar-refractivity contribution in [3.63, 3.8) is 0 Å². The molecule has 40 heavy (non-hydrogen) atoms. The molecule has 1 aliphatic carbocycles. The number of allylic oxidation sites excluding steroid dienone is 3. The first kappa shape index (κ1) is 27.3. The third-order valence-electron chi connectivity index (χ3n) is 6.50. The molecule has 1 N–H and O–H groups in total. The Morgan fingerprint density at radius 1 is 1.05 bits per heavy atom. The fraction of sp³-hybridized carbons (Fsp3) is 0.156. The van der Waals surface area contributed by atoms with Crippen LogP contribution < -0.4 is 10.1 Å². The first-order chi connectivity index (χ1) is 19.1. The third-order valence-corrected chi connectivity index (χ3v) is 6.75. The normalized spacial score (nSPS) is 15.4. The van der Waals surface area contributed by atoms with E-state index in [1.165, 1.54) is 24.3 Å². The van der Waals surface area contributed by atoms with E-state index in [4.69, 9.17) is 12.2 Å². The number of amidine groups is 1. The lowest BCUT2D eigenvalue weighted by atomic mass is 10.0. The molecule has 3 aromatic carbocycles. The highest BCUT2D eigenvalue weighted by Crippen LogP contribution is 2.27. The third kappa shape index (κ3) is 6.82. The van der Waals surface area contributed by atoms with Crippen LogP contribution in [0.2, 0.25) is 0 Å². The second kappa shape index (κ2) is 11.4. The Bertz CT molecular complexity index is 1590. The van der Waals surface area contributed by atoms with Crippen molar-refractivity contribution >= 4 is 47.1 Å². The molecule has 8 heteroatoms. The van der Waals surface area contributed by atoms with E-state index in [2.05, 4.69) is 76.4 Å². The van der Waals surface area contributed by atoms with Crippen LogP contribution in [0.4, 0.5) is 18.9 Å². The van der Waals surface area contributed by atoms with Gasteiger partial charge in [0.2, 0.25) is 0 Å². The van der Waals surface area contributed by atoms with Gasteiger partial charge in [-0.2, -0.15) is 0 Å². The van der Waals surface area contributed by atoms with Crippen LogP contribution in [0.1, 0.15) is 39.8 Å². The van der Waals surface area contributed by atoms with Crippen molar-refractivity contribution in [2.45, 2.75) is 33.1 Å². The molecule has 0 amide bonds. The highest BCUT2D eigenvalue weighted by atomic mass is 32.1. The van der Waals surface area contributed by atoms with E-state index in [-0.39, 0.29) is 5.75 Å². The number of anilines is 1. The van der Waals surface area contributed by atoms with Crippen LogP contribution in [-0.4, -0.2) is 23.4 Å². The van der Waals surface area contributed by atoms with Gasteiger partial charge in [-0.15, -0.1) is 13.2 Å². The van der Waals surface area contributed by atoms with Gasteiger partial charge in [0.25, 0.3) is 0 Å². The predicted octanol–water partition coefficient (Wildman–Crippen LogP) is 8.40. The van der Waals surface area contributed by atoms with Crippen LogP contribution in [0.3, 0.4) is 0 Å². The molecule has 0 fully saturated rings. The number of rotatable bonds is 6. The predicted molar refractivity (Wildman–Crippen MR) is 160 cm³/mol. The number of nitrogens with one attached hydrogen (secondary N) is 1. The lowest BCUT2D eigenvalue weighted by Gasteiger charge is -2.14. The molecule has 3 aromatic rings. The zero-order valence-corrected chi connectivity index (χ0v) is 22.7. The number of hydrogen-bond acceptors (Lipinski definition) is 4. The Balaban J connectivity index is 1.28. The van der Waals surface area contributed by atoms with E-state index >= 15 is 0 Å². The van der Waals surface area contributed by atoms with Gasteiger partial charge in [-0.25, -0.2) is 9.98 Å². The van der Waals surface area contributed by atoms with Crippen LogP contribution in [0, 0.1) is 13.8 Å². The van der Waals surface area contributed by atoms with Gasteiger partial charge in [0.15, 0.2) is 5.84 Å². The maximum absolute atomic E-state index is 12.4. The molecule has 0 unspecified atom stereocenters. The number of para-hydroxylation sites is 1. The summed E-state index contributed by atoms with van der Waals surface area (Å²) in [5.41, 5.74) is 9.00. The number of hydrogen-bond donors (Lipinski definition) is 1. The van der Waals surface area contributed by atoms with Gasteiger partial charge in [0.05, 0.1) is 16.9 Å². The molecule has 0 atom stereocenters. The smallest absolute Gasteiger partial charge is 0.406 e. The quantitative estimate of drug-likeness (QED) is 0.310. The molecule has 202 valence electrons. The molecule has 2 aliphatic rings. The van der Waals surface area contributed by atoms with Crippen LogP contribution in [0.25, 0.3) is 12.2 Å². The first-order valence-electron chi connectivity index (χ1n) is 12.7. The van der Waals surface area contributed by atoms with Crippen molar-refractivity contribution in [3.05, 3.63) is 117 Å². The number of alkyl halides is 3. The summed E-state index contributed by atoms with van der Waals surface area (Å²) in [5.74, 6) is 0.317. The fourth-order valence-electron chi connectivity index (χ4n) is 4.59. The first-order valence-corrected chi connectivity index (χ1v) is 13.1. The molecule has 1 heterocycles. The van der Waals surface area contributed by atoms with Gasteiger partial charge >= 0.3 is 6.36 Å². The van der Waals surface area contributed by atoms with Gasteiger partial charge in [-0.3, -0.25) is 0 Å². The van der Waals surface area contributed by atoms with Gasteiger partial charge in [0, 0.05) is 17.7 Å². The van der Waals surface area contributed by atoms with Crippen molar-refractivity contribution < 1.29 is 17.9 Å². The largest absolute Gasteiger partial charge is 0.573 e. The molecular formula is C32H26F3N3OS. The lowest BCUT2D eigenvalue weighted by Crippen LogP contribution is -2.16. The topological polar surface area (TPSA) is 46.0 Å². The van der Waals surface area contributed by atoms with E-state index in [1.807, 2.05) is 12.1 Å². The van der Waals surface area contributed by atoms with Crippen molar-refractivity contribution in [3.8, 4) is 5.75 Å². The minimum atomic E-state index is -4.72. The van der Waals surface area contributed by atoms with E-state index in [9.17, 15) is 13.2 Å². The Labute approximate surface area is 236 Å². The number of aryl methyl sites for hydroxylation is 2. The standard InChI is InChI=1S/C32H26F3N3OS/c1-20-5-3-6-21(2)30(20)38-29(40)17-23-7-4-8-24-18-26(12-11-25(24)15-23)31-36-19-27(37-31)16-22-9-13-28(14-10-22)39-32(33,34)35/h3-7,9-16,18-19H,8,17H2,1-2H3,(H,38,40)/b27-16+. The molecule has 0 bridgehead atoms. The number of aliphatic imine (C=N–C) groups is 2. The molecule has 5 rings (SSSR count). The lowest BCUT2D eigenvalue weighted by molar-refractivity contribution is -0.274. The van der Waals surface area contributed by atoms with Crippen LogP contribution in [-0.2, 0) is 6.42 Å². The summed E-state index contributed by atoms with van der Waals surface area (Å²) in [4.78, 5) is 9.82. The molecule has 0 radical (unpaired) electrons. The van der Waals surface area contributed by atoms with E-state index < -0.39 is 6.36 Å². The second-order valence-corrected chi connectivity index (χ2v) is 10.1. The molecule has 0 saturated carbocycles. The van der Waals surface area contributed by atoms with E-state index in [1.54, 1.807) is 12.3 Å². The van der Waals surface area contributed by atoms with Crippen molar-refractivity contribution in [1.29, 1.82) is 0 Å². The molecular weight excluding hydrogens is 531 g/mol. The minimum Gasteiger partial charge on any atom is -0.406 e. The Morgan fingerprint density at radius 2 is 1.80 bits per heavy atom. The Hall–Kier alpha value is -4.30. The number of benzene rings is 3. The summed E-state index contributed by atoms with van der Waals surface area (Å²) in [7, 11) is 0. The average molecular weight is 558 g/mol.